The number of nitrogens with zero attached hydrogens (tertiary/aromatic N) is 4. The summed E-state index contributed by atoms with van der Waals surface area (Å²) >= 11 is 0. The first-order chi connectivity index (χ1) is 12.6. The van der Waals surface area contributed by atoms with Crippen molar-refractivity contribution < 1.29 is 14.4 Å². The maximum absolute atomic E-state index is 12.4. The zero-order chi connectivity index (χ0) is 18.1. The van der Waals surface area contributed by atoms with E-state index in [0.29, 0.717) is 11.5 Å². The molecule has 1 unspecified atom stereocenters. The van der Waals surface area contributed by atoms with Crippen LogP contribution < -0.4 is 5.32 Å². The lowest BCUT2D eigenvalue weighted by atomic mass is 9.86. The monoisotopic (exact) mass is 353 g/mol. The second-order valence-electron chi connectivity index (χ2n) is 6.52. The van der Waals surface area contributed by atoms with Crippen LogP contribution in [0.2, 0.25) is 0 Å². The summed E-state index contributed by atoms with van der Waals surface area (Å²) in [7, 11) is 0. The number of carbonyl (C=O) groups excluding carboxylic acids is 1. The minimum atomic E-state index is -0.620. The van der Waals surface area contributed by atoms with Gasteiger partial charge in [0.1, 0.15) is 0 Å². The highest BCUT2D eigenvalue weighted by Crippen LogP contribution is 2.33. The van der Waals surface area contributed by atoms with Crippen LogP contribution >= 0.6 is 0 Å². The third kappa shape index (κ3) is 3.11. The smallest absolute Gasteiger partial charge is 0.273 e. The summed E-state index contributed by atoms with van der Waals surface area (Å²) in [5.41, 5.74) is 1.82. The maximum Gasteiger partial charge on any atom is 0.273 e. The third-order valence-corrected chi connectivity index (χ3v) is 4.63. The zero-order valence-electron chi connectivity index (χ0n) is 14.2. The largest absolute Gasteiger partial charge is 0.387 e. The molecule has 1 atom stereocenters. The molecule has 26 heavy (non-hydrogen) atoms. The van der Waals surface area contributed by atoms with Crippen molar-refractivity contribution in [2.45, 2.75) is 38.0 Å². The molecular formula is C18H19N5O3. The Labute approximate surface area is 149 Å². The number of carbonyl (C=O) groups is 1. The molecule has 8 heteroatoms. The van der Waals surface area contributed by atoms with Crippen LogP contribution in [0.15, 0.2) is 47.1 Å². The molecule has 8 nitrogen and oxygen atoms in total. The van der Waals surface area contributed by atoms with Gasteiger partial charge in [0.2, 0.25) is 0 Å². The Hall–Kier alpha value is -3.00. The van der Waals surface area contributed by atoms with Gasteiger partial charge in [0, 0.05) is 17.7 Å². The topological polar surface area (TPSA) is 106 Å². The van der Waals surface area contributed by atoms with Crippen molar-refractivity contribution in [1.29, 1.82) is 0 Å². The van der Waals surface area contributed by atoms with Crippen molar-refractivity contribution in [1.82, 2.24) is 25.5 Å². The second kappa shape index (κ2) is 6.72. The standard InChI is InChI=1S/C18H19N5O3/c1-11(24)16-10-19-22-23(16)14-7-13(8-14)20-18(25)15-9-17(26-21-15)12-5-3-2-4-6-12/h2-6,9-11,13-14,24H,7-8H2,1H3,(H,20,25). The molecule has 2 aromatic heterocycles. The number of aliphatic hydroxyl groups excluding tert-OH is 1. The lowest BCUT2D eigenvalue weighted by Crippen LogP contribution is -2.45. The van der Waals surface area contributed by atoms with E-state index in [-0.39, 0.29) is 23.7 Å². The molecule has 0 radical (unpaired) electrons. The third-order valence-electron chi connectivity index (χ3n) is 4.63. The van der Waals surface area contributed by atoms with Gasteiger partial charge >= 0.3 is 0 Å². The van der Waals surface area contributed by atoms with E-state index in [9.17, 15) is 9.90 Å². The molecular weight excluding hydrogens is 334 g/mol. The molecule has 1 amide bonds. The van der Waals surface area contributed by atoms with Crippen LogP contribution in [0.5, 0.6) is 0 Å². The summed E-state index contributed by atoms with van der Waals surface area (Å²) in [6.07, 6.45) is 2.42. The Morgan fingerprint density at radius 2 is 2.12 bits per heavy atom. The number of hydrogen-bond acceptors (Lipinski definition) is 6. The predicted octanol–water partition coefficient (Wildman–Crippen LogP) is 2.12. The van der Waals surface area contributed by atoms with Crippen LogP contribution in [0.1, 0.15) is 48.1 Å². The van der Waals surface area contributed by atoms with Gasteiger partial charge in [-0.15, -0.1) is 5.10 Å². The molecule has 0 spiro atoms. The minimum Gasteiger partial charge on any atom is -0.387 e. The number of rotatable bonds is 5. The summed E-state index contributed by atoms with van der Waals surface area (Å²) < 4.78 is 7.00. The Morgan fingerprint density at radius 1 is 1.35 bits per heavy atom. The minimum absolute atomic E-state index is 0.0374. The highest BCUT2D eigenvalue weighted by atomic mass is 16.5. The molecule has 3 aromatic rings. The lowest BCUT2D eigenvalue weighted by Gasteiger charge is -2.36. The van der Waals surface area contributed by atoms with Gasteiger partial charge in [-0.1, -0.05) is 40.7 Å². The van der Waals surface area contributed by atoms with E-state index in [2.05, 4.69) is 20.8 Å². The summed E-state index contributed by atoms with van der Waals surface area (Å²) in [5, 5.41) is 24.4. The van der Waals surface area contributed by atoms with Crippen molar-refractivity contribution in [2.75, 3.05) is 0 Å². The van der Waals surface area contributed by atoms with Gasteiger partial charge in [0.15, 0.2) is 11.5 Å². The van der Waals surface area contributed by atoms with Gasteiger partial charge in [-0.05, 0) is 19.8 Å². The van der Waals surface area contributed by atoms with Crippen LogP contribution in [-0.4, -0.2) is 37.2 Å². The summed E-state index contributed by atoms with van der Waals surface area (Å²) in [5.74, 6) is 0.306. The fourth-order valence-electron chi connectivity index (χ4n) is 3.12. The molecule has 1 aliphatic rings. The lowest BCUT2D eigenvalue weighted by molar-refractivity contribution is 0.0870. The van der Waals surface area contributed by atoms with Crippen molar-refractivity contribution >= 4 is 5.91 Å². The van der Waals surface area contributed by atoms with E-state index >= 15 is 0 Å². The van der Waals surface area contributed by atoms with E-state index in [1.54, 1.807) is 23.9 Å². The first kappa shape index (κ1) is 16.5. The van der Waals surface area contributed by atoms with Crippen LogP contribution in [0.4, 0.5) is 0 Å². The van der Waals surface area contributed by atoms with Gasteiger partial charge in [-0.25, -0.2) is 4.68 Å². The highest BCUT2D eigenvalue weighted by Gasteiger charge is 2.34. The molecule has 0 aliphatic heterocycles. The number of aliphatic hydroxyl groups is 1. The molecule has 0 bridgehead atoms. The number of amides is 1. The number of nitrogens with one attached hydrogen (secondary N) is 1. The molecule has 1 saturated carbocycles. The molecule has 2 heterocycles. The molecule has 1 fully saturated rings. The van der Waals surface area contributed by atoms with Crippen molar-refractivity contribution in [2.24, 2.45) is 0 Å². The Kier molecular flexibility index (Phi) is 4.26. The first-order valence-corrected chi connectivity index (χ1v) is 8.53. The molecule has 1 aromatic carbocycles. The molecule has 134 valence electrons. The fraction of sp³-hybridized carbons (Fsp3) is 0.333. The van der Waals surface area contributed by atoms with E-state index in [1.165, 1.54) is 0 Å². The molecule has 0 saturated heterocycles. The van der Waals surface area contributed by atoms with E-state index in [0.717, 1.165) is 18.4 Å². The quantitative estimate of drug-likeness (QED) is 0.728. The van der Waals surface area contributed by atoms with Crippen LogP contribution in [0, 0.1) is 0 Å². The molecule has 1 aliphatic carbocycles. The fourth-order valence-corrected chi connectivity index (χ4v) is 3.12. The SMILES string of the molecule is CC(O)c1cnnn1C1CC(NC(=O)c2cc(-c3ccccc3)on2)C1. The van der Waals surface area contributed by atoms with Crippen molar-refractivity contribution in [3.63, 3.8) is 0 Å². The predicted molar refractivity (Wildman–Crippen MR) is 92.1 cm³/mol. The first-order valence-electron chi connectivity index (χ1n) is 8.53. The normalized spacial score (nSPS) is 20.4. The molecule has 4 rings (SSSR count). The van der Waals surface area contributed by atoms with Gasteiger partial charge in [-0.2, -0.15) is 0 Å². The van der Waals surface area contributed by atoms with Gasteiger partial charge in [0.25, 0.3) is 5.91 Å². The average Bonchev–Trinajstić information content (AvgIpc) is 3.27. The van der Waals surface area contributed by atoms with Gasteiger partial charge < -0.3 is 14.9 Å². The highest BCUT2D eigenvalue weighted by molar-refractivity contribution is 5.93. The van der Waals surface area contributed by atoms with Crippen LogP contribution in [-0.2, 0) is 0 Å². The summed E-state index contributed by atoms with van der Waals surface area (Å²) in [6.45, 7) is 1.68. The van der Waals surface area contributed by atoms with Crippen molar-refractivity contribution in [3.8, 4) is 11.3 Å². The Morgan fingerprint density at radius 3 is 2.85 bits per heavy atom. The van der Waals surface area contributed by atoms with E-state index in [4.69, 9.17) is 4.52 Å². The van der Waals surface area contributed by atoms with E-state index < -0.39 is 6.10 Å². The Balaban J connectivity index is 1.36. The molecule has 2 N–H and O–H groups in total. The van der Waals surface area contributed by atoms with Crippen molar-refractivity contribution in [3.05, 3.63) is 54.0 Å². The number of aromatic nitrogens is 4. The summed E-state index contributed by atoms with van der Waals surface area (Å²) in [6, 6.07) is 11.3. The second-order valence-corrected chi connectivity index (χ2v) is 6.52. The average molecular weight is 353 g/mol. The Bertz CT molecular complexity index is 896. The van der Waals surface area contributed by atoms with Crippen LogP contribution in [0.3, 0.4) is 0 Å². The summed E-state index contributed by atoms with van der Waals surface area (Å²) in [4.78, 5) is 12.4. The van der Waals surface area contributed by atoms with Crippen LogP contribution in [0.25, 0.3) is 11.3 Å². The zero-order valence-corrected chi connectivity index (χ0v) is 14.2. The number of hydrogen-bond donors (Lipinski definition) is 2. The van der Waals surface area contributed by atoms with Gasteiger partial charge in [-0.3, -0.25) is 4.79 Å². The number of benzene rings is 1. The van der Waals surface area contributed by atoms with E-state index in [1.807, 2.05) is 30.3 Å². The van der Waals surface area contributed by atoms with Gasteiger partial charge in [0.05, 0.1) is 24.0 Å². The maximum atomic E-state index is 12.4.